The van der Waals surface area contributed by atoms with E-state index in [9.17, 15) is 24.9 Å². The molecule has 3 aromatic carbocycles. The fourth-order valence-electron chi connectivity index (χ4n) is 4.90. The zero-order valence-electron chi connectivity index (χ0n) is 18.4. The third kappa shape index (κ3) is 2.94. The first kappa shape index (κ1) is 21.7. The summed E-state index contributed by atoms with van der Waals surface area (Å²) < 4.78 is 11.9. The second-order valence-corrected chi connectivity index (χ2v) is 8.19. The maximum Gasteiger partial charge on any atom is 0.341 e. The Morgan fingerprint density at radius 1 is 0.971 bits per heavy atom. The van der Waals surface area contributed by atoms with Gasteiger partial charge in [-0.2, -0.15) is 0 Å². The lowest BCUT2D eigenvalue weighted by Crippen LogP contribution is -2.33. The Morgan fingerprint density at radius 2 is 1.56 bits per heavy atom. The van der Waals surface area contributed by atoms with Crippen LogP contribution in [0.4, 0.5) is 0 Å². The molecule has 0 aromatic heterocycles. The number of carbonyl (C=O) groups excluding carboxylic acids is 1. The van der Waals surface area contributed by atoms with Gasteiger partial charge in [0, 0.05) is 41.4 Å². The predicted molar refractivity (Wildman–Crippen MR) is 121 cm³/mol. The van der Waals surface area contributed by atoms with Crippen molar-refractivity contribution in [3.63, 3.8) is 0 Å². The Morgan fingerprint density at radius 3 is 2.09 bits per heavy atom. The first-order valence-electron chi connectivity index (χ1n) is 10.6. The molecular formula is C25H22N2O7. The number of phenolic OH excluding ortho intramolecular Hbond substituents is 2. The largest absolute Gasteiger partial charge is 0.508 e. The quantitative estimate of drug-likeness (QED) is 0.362. The molecule has 5 N–H and O–H groups in total. The summed E-state index contributed by atoms with van der Waals surface area (Å²) in [5.41, 5.74) is -0.0406. The molecule has 2 aliphatic rings. The van der Waals surface area contributed by atoms with Crippen LogP contribution in [0.1, 0.15) is 49.0 Å². The molecule has 0 aliphatic carbocycles. The molecule has 0 saturated carbocycles. The van der Waals surface area contributed by atoms with Gasteiger partial charge >= 0.3 is 11.9 Å². The highest BCUT2D eigenvalue weighted by atomic mass is 16.6. The van der Waals surface area contributed by atoms with Crippen LogP contribution in [0, 0.1) is 0 Å². The van der Waals surface area contributed by atoms with Gasteiger partial charge in [0.1, 0.15) is 23.0 Å². The molecule has 5 rings (SSSR count). The van der Waals surface area contributed by atoms with Crippen molar-refractivity contribution >= 4 is 11.9 Å². The second-order valence-electron chi connectivity index (χ2n) is 8.19. The third-order valence-corrected chi connectivity index (χ3v) is 6.32. The molecule has 0 saturated heterocycles. The molecule has 0 fully saturated rings. The number of phenols is 2. The molecule has 1 atom stereocenters. The number of benzene rings is 3. The fraction of sp³-hybridized carbons (Fsp3) is 0.200. The van der Waals surface area contributed by atoms with Gasteiger partial charge in [-0.05, 0) is 43.9 Å². The van der Waals surface area contributed by atoms with E-state index in [1.54, 1.807) is 38.4 Å². The Labute approximate surface area is 194 Å². The number of ether oxygens (including phenoxy) is 2. The van der Waals surface area contributed by atoms with Gasteiger partial charge in [-0.1, -0.05) is 12.1 Å². The van der Waals surface area contributed by atoms with Crippen LogP contribution in [0.3, 0.4) is 0 Å². The summed E-state index contributed by atoms with van der Waals surface area (Å²) >= 11 is 0. The lowest BCUT2D eigenvalue weighted by atomic mass is 9.76. The molecule has 174 valence electrons. The SMILES string of the molecule is CNCC(NC)c1ccc2c(c1C(=O)O)C(=O)OC21c2ccc(O)cc2Oc2cc(O)ccc21. The van der Waals surface area contributed by atoms with Gasteiger partial charge < -0.3 is 35.4 Å². The number of esters is 1. The van der Waals surface area contributed by atoms with Crippen LogP contribution in [0.2, 0.25) is 0 Å². The first-order valence-corrected chi connectivity index (χ1v) is 10.6. The maximum atomic E-state index is 13.4. The van der Waals surface area contributed by atoms with Crippen molar-refractivity contribution in [1.29, 1.82) is 0 Å². The second kappa shape index (κ2) is 7.75. The van der Waals surface area contributed by atoms with Crippen LogP contribution in [-0.2, 0) is 10.3 Å². The number of rotatable bonds is 5. The molecule has 0 amide bonds. The first-order chi connectivity index (χ1) is 16.3. The number of aromatic hydroxyl groups is 2. The predicted octanol–water partition coefficient (Wildman–Crippen LogP) is 2.84. The fourth-order valence-corrected chi connectivity index (χ4v) is 4.90. The third-order valence-electron chi connectivity index (χ3n) is 6.32. The van der Waals surface area contributed by atoms with Crippen molar-refractivity contribution in [2.75, 3.05) is 20.6 Å². The Hall–Kier alpha value is -4.08. The molecule has 1 spiro atoms. The zero-order valence-corrected chi connectivity index (χ0v) is 18.4. The van der Waals surface area contributed by atoms with Gasteiger partial charge in [0.05, 0.1) is 11.1 Å². The molecule has 0 bridgehead atoms. The van der Waals surface area contributed by atoms with E-state index in [0.717, 1.165) is 0 Å². The van der Waals surface area contributed by atoms with Crippen LogP contribution in [0.25, 0.3) is 0 Å². The van der Waals surface area contributed by atoms with Gasteiger partial charge in [-0.15, -0.1) is 0 Å². The Bertz CT molecular complexity index is 1300. The molecule has 34 heavy (non-hydrogen) atoms. The molecule has 1 unspecified atom stereocenters. The van der Waals surface area contributed by atoms with E-state index in [0.29, 0.717) is 28.8 Å². The van der Waals surface area contributed by atoms with E-state index in [2.05, 4.69) is 10.6 Å². The maximum absolute atomic E-state index is 13.4. The van der Waals surface area contributed by atoms with Gasteiger partial charge in [-0.25, -0.2) is 9.59 Å². The van der Waals surface area contributed by atoms with Crippen LogP contribution >= 0.6 is 0 Å². The highest BCUT2D eigenvalue weighted by molar-refractivity contribution is 6.07. The van der Waals surface area contributed by atoms with Crippen LogP contribution in [-0.4, -0.2) is 47.9 Å². The monoisotopic (exact) mass is 462 g/mol. The number of likely N-dealkylation sites (N-methyl/N-ethyl adjacent to an activating group) is 2. The van der Waals surface area contributed by atoms with E-state index in [1.165, 1.54) is 24.3 Å². The summed E-state index contributed by atoms with van der Waals surface area (Å²) in [6.07, 6.45) is 0. The molecule has 2 aliphatic heterocycles. The van der Waals surface area contributed by atoms with Crippen molar-refractivity contribution in [2.45, 2.75) is 11.6 Å². The average molecular weight is 462 g/mol. The lowest BCUT2D eigenvalue weighted by Gasteiger charge is -2.36. The number of carboxylic acids is 1. The Kier molecular flexibility index (Phi) is 4.96. The molecule has 3 aromatic rings. The number of carbonyl (C=O) groups is 2. The van der Waals surface area contributed by atoms with E-state index in [1.807, 2.05) is 0 Å². The highest BCUT2D eigenvalue weighted by Crippen LogP contribution is 2.57. The molecule has 0 radical (unpaired) electrons. The van der Waals surface area contributed by atoms with Crippen molar-refractivity contribution in [2.24, 2.45) is 0 Å². The normalized spacial score (nSPS) is 15.6. The van der Waals surface area contributed by atoms with Crippen molar-refractivity contribution in [3.8, 4) is 23.0 Å². The summed E-state index contributed by atoms with van der Waals surface area (Å²) in [4.78, 5) is 25.8. The summed E-state index contributed by atoms with van der Waals surface area (Å²) in [6, 6.07) is 11.8. The van der Waals surface area contributed by atoms with Gasteiger partial charge in [0.2, 0.25) is 0 Å². The van der Waals surface area contributed by atoms with Crippen molar-refractivity contribution in [1.82, 2.24) is 10.6 Å². The number of nitrogens with one attached hydrogen (secondary N) is 2. The summed E-state index contributed by atoms with van der Waals surface area (Å²) in [5, 5.41) is 36.3. The number of hydrogen-bond acceptors (Lipinski definition) is 8. The standard InChI is InChI=1S/C25H22N2O7/c1-26-11-18(27-2)14-5-8-17-22(21(14)23(30)31)24(32)34-25(17)15-6-3-12(28)9-19(15)33-20-10-13(29)4-7-16(20)25/h3-10,18,26-29H,11H2,1-2H3,(H,30,31). The number of carboxylic acid groups (broad SMARTS) is 1. The minimum absolute atomic E-state index is 0.0405. The van der Waals surface area contributed by atoms with E-state index in [-0.39, 0.29) is 40.2 Å². The smallest absolute Gasteiger partial charge is 0.341 e. The molecule has 2 heterocycles. The minimum atomic E-state index is -1.52. The van der Waals surface area contributed by atoms with Crippen molar-refractivity contribution in [3.05, 3.63) is 81.9 Å². The highest BCUT2D eigenvalue weighted by Gasteiger charge is 2.55. The number of fused-ring (bicyclic) bond motifs is 6. The van der Waals surface area contributed by atoms with E-state index in [4.69, 9.17) is 9.47 Å². The molecule has 9 heteroatoms. The summed E-state index contributed by atoms with van der Waals surface area (Å²) in [7, 11) is 3.47. The van der Waals surface area contributed by atoms with Gasteiger partial charge in [0.15, 0.2) is 5.60 Å². The average Bonchev–Trinajstić information content (AvgIpc) is 3.09. The van der Waals surface area contributed by atoms with Crippen LogP contribution in [0.15, 0.2) is 48.5 Å². The van der Waals surface area contributed by atoms with Crippen molar-refractivity contribution < 1.29 is 34.4 Å². The van der Waals surface area contributed by atoms with Crippen LogP contribution < -0.4 is 15.4 Å². The van der Waals surface area contributed by atoms with E-state index < -0.39 is 17.5 Å². The summed E-state index contributed by atoms with van der Waals surface area (Å²) in [5.74, 6) is -1.71. The minimum Gasteiger partial charge on any atom is -0.508 e. The number of aromatic carboxylic acids is 1. The Balaban J connectivity index is 1.85. The zero-order chi connectivity index (χ0) is 24.2. The molecular weight excluding hydrogens is 440 g/mol. The summed E-state index contributed by atoms with van der Waals surface area (Å²) in [6.45, 7) is 0.438. The van der Waals surface area contributed by atoms with Gasteiger partial charge in [-0.3, -0.25) is 0 Å². The lowest BCUT2D eigenvalue weighted by molar-refractivity contribution is 0.0222. The van der Waals surface area contributed by atoms with Crippen LogP contribution in [0.5, 0.6) is 23.0 Å². The topological polar surface area (TPSA) is 137 Å². The van der Waals surface area contributed by atoms with E-state index >= 15 is 0 Å². The van der Waals surface area contributed by atoms with Gasteiger partial charge in [0.25, 0.3) is 0 Å². The number of hydrogen-bond donors (Lipinski definition) is 5. The molecule has 9 nitrogen and oxygen atoms in total.